The van der Waals surface area contributed by atoms with Crippen LogP contribution in [0.15, 0.2) is 61.1 Å². The first-order valence-corrected chi connectivity index (χ1v) is 10.6. The molecule has 0 unspecified atom stereocenters. The van der Waals surface area contributed by atoms with Gasteiger partial charge in [-0.2, -0.15) is 0 Å². The quantitative estimate of drug-likeness (QED) is 0.425. The van der Waals surface area contributed by atoms with Crippen molar-refractivity contribution in [3.05, 3.63) is 82.9 Å². The zero-order valence-corrected chi connectivity index (χ0v) is 18.2. The summed E-state index contributed by atoms with van der Waals surface area (Å²) in [6.07, 6.45) is 4.70. The molecule has 166 valence electrons. The van der Waals surface area contributed by atoms with Crippen molar-refractivity contribution >= 4 is 28.3 Å². The van der Waals surface area contributed by atoms with Gasteiger partial charge in [0.05, 0.1) is 12.1 Å². The minimum atomic E-state index is -0.740. The minimum Gasteiger partial charge on any atom is -0.435 e. The van der Waals surface area contributed by atoms with Crippen LogP contribution in [-0.4, -0.2) is 26.8 Å². The molecular formula is C23H18FN5O3S. The Morgan fingerprint density at radius 2 is 1.94 bits per heavy atom. The number of primary amides is 1. The number of carbonyl (C=O) groups is 2. The fraction of sp³-hybridized carbons (Fsp3) is 0.0870. The van der Waals surface area contributed by atoms with Gasteiger partial charge in [-0.05, 0) is 48.9 Å². The number of rotatable bonds is 7. The average molecular weight is 463 g/mol. The number of pyridine rings is 2. The highest BCUT2D eigenvalue weighted by molar-refractivity contribution is 7.16. The maximum atomic E-state index is 14.6. The van der Waals surface area contributed by atoms with Gasteiger partial charge in [0.25, 0.3) is 5.91 Å². The second-order valence-corrected chi connectivity index (χ2v) is 8.18. The van der Waals surface area contributed by atoms with Crippen LogP contribution in [0.5, 0.6) is 11.6 Å². The number of thiazole rings is 1. The molecule has 0 saturated carbocycles. The summed E-state index contributed by atoms with van der Waals surface area (Å²) in [7, 11) is 0. The van der Waals surface area contributed by atoms with Gasteiger partial charge in [-0.3, -0.25) is 14.6 Å². The van der Waals surface area contributed by atoms with E-state index in [0.29, 0.717) is 10.7 Å². The lowest BCUT2D eigenvalue weighted by Gasteiger charge is -2.09. The molecule has 0 fully saturated rings. The molecule has 1 aromatic carbocycles. The number of aryl methyl sites for hydroxylation is 1. The molecule has 0 aliphatic heterocycles. The van der Waals surface area contributed by atoms with Crippen molar-refractivity contribution < 1.29 is 18.7 Å². The number of nitrogens with two attached hydrogens (primary N) is 1. The molecule has 3 aromatic heterocycles. The smallest absolute Gasteiger partial charge is 0.254 e. The first kappa shape index (κ1) is 22.0. The standard InChI is InChI=1S/C23H18FN5O3S/c1-13-20(15-6-9-26-10-7-15)29-23(33-13)28-19(30)12-14-4-5-18(17(24)11-14)32-22-16(21(25)31)3-2-8-27-22/h2-11H,12H2,1H3,(H2,25,31)(H,28,29,30). The number of carbonyl (C=O) groups excluding carboxylic acids is 2. The summed E-state index contributed by atoms with van der Waals surface area (Å²) in [5, 5.41) is 3.21. The number of anilines is 1. The van der Waals surface area contributed by atoms with Crippen LogP contribution in [0.3, 0.4) is 0 Å². The SMILES string of the molecule is Cc1sc(NC(=O)Cc2ccc(Oc3ncccc3C(N)=O)c(F)c2)nc1-c1ccncc1. The fourth-order valence-corrected chi connectivity index (χ4v) is 3.93. The van der Waals surface area contributed by atoms with E-state index < -0.39 is 11.7 Å². The normalized spacial score (nSPS) is 10.6. The summed E-state index contributed by atoms with van der Waals surface area (Å²) in [5.41, 5.74) is 7.44. The van der Waals surface area contributed by atoms with Crippen molar-refractivity contribution in [3.63, 3.8) is 0 Å². The molecule has 0 aliphatic carbocycles. The number of nitrogens with zero attached hydrogens (tertiary/aromatic N) is 3. The number of nitrogens with one attached hydrogen (secondary N) is 1. The van der Waals surface area contributed by atoms with Crippen LogP contribution >= 0.6 is 11.3 Å². The Hall–Kier alpha value is -4.18. The van der Waals surface area contributed by atoms with E-state index in [1.165, 1.54) is 41.8 Å². The summed E-state index contributed by atoms with van der Waals surface area (Å²) in [5.74, 6) is -2.02. The van der Waals surface area contributed by atoms with Crippen molar-refractivity contribution in [2.45, 2.75) is 13.3 Å². The van der Waals surface area contributed by atoms with Crippen LogP contribution in [0, 0.1) is 12.7 Å². The molecule has 3 heterocycles. The summed E-state index contributed by atoms with van der Waals surface area (Å²) >= 11 is 1.36. The molecule has 0 spiro atoms. The molecule has 0 atom stereocenters. The lowest BCUT2D eigenvalue weighted by molar-refractivity contribution is -0.115. The van der Waals surface area contributed by atoms with Gasteiger partial charge in [-0.25, -0.2) is 14.4 Å². The molecule has 10 heteroatoms. The fourth-order valence-electron chi connectivity index (χ4n) is 3.08. The molecule has 0 saturated heterocycles. The van der Waals surface area contributed by atoms with Gasteiger partial charge < -0.3 is 15.8 Å². The molecule has 0 radical (unpaired) electrons. The Morgan fingerprint density at radius 3 is 2.67 bits per heavy atom. The average Bonchev–Trinajstić information content (AvgIpc) is 3.16. The number of aromatic nitrogens is 3. The number of halogens is 1. The Morgan fingerprint density at radius 1 is 1.15 bits per heavy atom. The van der Waals surface area contributed by atoms with Crippen LogP contribution in [0.2, 0.25) is 0 Å². The Kier molecular flexibility index (Phi) is 6.36. The molecule has 3 N–H and O–H groups in total. The molecule has 4 rings (SSSR count). The maximum absolute atomic E-state index is 14.6. The Balaban J connectivity index is 1.43. The molecule has 4 aromatic rings. The zero-order valence-electron chi connectivity index (χ0n) is 17.4. The number of hydrogen-bond donors (Lipinski definition) is 2. The third-order valence-electron chi connectivity index (χ3n) is 4.60. The highest BCUT2D eigenvalue weighted by atomic mass is 32.1. The topological polar surface area (TPSA) is 120 Å². The van der Waals surface area contributed by atoms with Crippen molar-refractivity contribution in [1.82, 2.24) is 15.0 Å². The van der Waals surface area contributed by atoms with E-state index in [-0.39, 0.29) is 29.5 Å². The minimum absolute atomic E-state index is 0.0326. The molecule has 8 nitrogen and oxygen atoms in total. The lowest BCUT2D eigenvalue weighted by atomic mass is 10.1. The van der Waals surface area contributed by atoms with Crippen LogP contribution in [0.4, 0.5) is 9.52 Å². The summed E-state index contributed by atoms with van der Waals surface area (Å²) in [6, 6.07) is 10.8. The van der Waals surface area contributed by atoms with E-state index in [1.54, 1.807) is 18.5 Å². The molecule has 0 aliphatic rings. The van der Waals surface area contributed by atoms with Gasteiger partial charge in [-0.15, -0.1) is 11.3 Å². The van der Waals surface area contributed by atoms with Crippen molar-refractivity contribution in [2.75, 3.05) is 5.32 Å². The maximum Gasteiger partial charge on any atom is 0.254 e. The number of amides is 2. The third kappa shape index (κ3) is 5.18. The van der Waals surface area contributed by atoms with E-state index in [0.717, 1.165) is 16.1 Å². The van der Waals surface area contributed by atoms with Crippen LogP contribution in [0.1, 0.15) is 20.8 Å². The summed E-state index contributed by atoms with van der Waals surface area (Å²) in [4.78, 5) is 37.3. The Labute approximate surface area is 192 Å². The second-order valence-electron chi connectivity index (χ2n) is 6.97. The summed E-state index contributed by atoms with van der Waals surface area (Å²) in [6.45, 7) is 1.92. The number of benzene rings is 1. The lowest BCUT2D eigenvalue weighted by Crippen LogP contribution is -2.14. The zero-order chi connectivity index (χ0) is 23.4. The van der Waals surface area contributed by atoms with Crippen LogP contribution in [0.25, 0.3) is 11.3 Å². The van der Waals surface area contributed by atoms with Crippen molar-refractivity contribution in [1.29, 1.82) is 0 Å². The van der Waals surface area contributed by atoms with E-state index in [9.17, 15) is 14.0 Å². The van der Waals surface area contributed by atoms with E-state index >= 15 is 0 Å². The van der Waals surface area contributed by atoms with E-state index in [1.807, 2.05) is 19.1 Å². The van der Waals surface area contributed by atoms with Gasteiger partial charge in [-0.1, -0.05) is 6.07 Å². The van der Waals surface area contributed by atoms with Crippen molar-refractivity contribution in [3.8, 4) is 22.9 Å². The predicted octanol–water partition coefficient (Wildman–Crippen LogP) is 4.12. The Bertz CT molecular complexity index is 1330. The number of ether oxygens (including phenoxy) is 1. The monoisotopic (exact) mass is 463 g/mol. The van der Waals surface area contributed by atoms with Crippen molar-refractivity contribution in [2.24, 2.45) is 5.73 Å². The number of hydrogen-bond acceptors (Lipinski definition) is 7. The third-order valence-corrected chi connectivity index (χ3v) is 5.49. The highest BCUT2D eigenvalue weighted by Gasteiger charge is 2.16. The van der Waals surface area contributed by atoms with Gasteiger partial charge in [0.15, 0.2) is 16.7 Å². The molecule has 2 amide bonds. The van der Waals surface area contributed by atoms with E-state index in [2.05, 4.69) is 20.3 Å². The van der Waals surface area contributed by atoms with Gasteiger partial charge in [0.2, 0.25) is 11.8 Å². The van der Waals surface area contributed by atoms with Gasteiger partial charge in [0.1, 0.15) is 5.56 Å². The van der Waals surface area contributed by atoms with E-state index in [4.69, 9.17) is 10.5 Å². The first-order chi connectivity index (χ1) is 15.9. The second kappa shape index (κ2) is 9.53. The largest absolute Gasteiger partial charge is 0.435 e. The van der Waals surface area contributed by atoms with Crippen LogP contribution in [-0.2, 0) is 11.2 Å². The van der Waals surface area contributed by atoms with Crippen LogP contribution < -0.4 is 15.8 Å². The molecule has 0 bridgehead atoms. The predicted molar refractivity (Wildman–Crippen MR) is 122 cm³/mol. The van der Waals surface area contributed by atoms with Gasteiger partial charge >= 0.3 is 0 Å². The molecular weight excluding hydrogens is 445 g/mol. The van der Waals surface area contributed by atoms with Gasteiger partial charge in [0, 0.05) is 29.0 Å². The first-order valence-electron chi connectivity index (χ1n) is 9.79. The summed E-state index contributed by atoms with van der Waals surface area (Å²) < 4.78 is 20.0. The molecule has 33 heavy (non-hydrogen) atoms. The highest BCUT2D eigenvalue weighted by Crippen LogP contribution is 2.30.